The van der Waals surface area contributed by atoms with Crippen LogP contribution in [-0.2, 0) is 47.7 Å². The smallest absolute Gasteiger partial charge is 0.305 e. The number of non-ortho nitro benzene ring substituents is 1. The third-order valence-corrected chi connectivity index (χ3v) is 4.80. The van der Waals surface area contributed by atoms with E-state index in [1.54, 1.807) is 0 Å². The summed E-state index contributed by atoms with van der Waals surface area (Å²) in [5.74, 6) is -3.88. The fraction of sp³-hybridized carbons (Fsp3) is 0.435. The van der Waals surface area contributed by atoms with Gasteiger partial charge in [-0.05, 0) is 11.6 Å². The summed E-state index contributed by atoms with van der Waals surface area (Å²) in [5.41, 5.74) is 0.160. The van der Waals surface area contributed by atoms with Crippen molar-refractivity contribution >= 4 is 41.5 Å². The number of nitro benzene ring substituents is 1. The predicted molar refractivity (Wildman–Crippen MR) is 122 cm³/mol. The Morgan fingerprint density at radius 3 is 2.16 bits per heavy atom. The van der Waals surface area contributed by atoms with Gasteiger partial charge in [-0.25, -0.2) is 0 Å². The van der Waals surface area contributed by atoms with E-state index in [0.29, 0.717) is 5.56 Å². The average molecular weight is 522 g/mol. The maximum absolute atomic E-state index is 12.7. The highest BCUT2D eigenvalue weighted by Gasteiger charge is 2.52. The number of carbonyl (C=O) groups is 5. The Labute approximate surface area is 211 Å². The van der Waals surface area contributed by atoms with Crippen LogP contribution in [0.3, 0.4) is 0 Å². The molecule has 14 nitrogen and oxygen atoms in total. The van der Waals surface area contributed by atoms with Crippen LogP contribution in [-0.4, -0.2) is 72.0 Å². The molecule has 1 N–H and O–H groups in total. The number of amides is 1. The van der Waals surface area contributed by atoms with E-state index in [0.717, 1.165) is 33.8 Å². The molecule has 1 aromatic rings. The Kier molecular flexibility index (Phi) is 10.2. The number of hydrogen-bond donors (Lipinski definition) is 1. The van der Waals surface area contributed by atoms with Crippen LogP contribution in [0.5, 0.6) is 0 Å². The summed E-state index contributed by atoms with van der Waals surface area (Å²) in [4.78, 5) is 69.9. The fourth-order valence-corrected chi connectivity index (χ4v) is 3.45. The van der Waals surface area contributed by atoms with Crippen molar-refractivity contribution in [2.24, 2.45) is 0 Å². The molecule has 1 aliphatic heterocycles. The van der Waals surface area contributed by atoms with E-state index in [4.69, 9.17) is 23.7 Å². The zero-order valence-corrected chi connectivity index (χ0v) is 20.4. The molecule has 200 valence electrons. The number of ether oxygens (including phenoxy) is 5. The summed E-state index contributed by atoms with van der Waals surface area (Å²) in [6.07, 6.45) is -3.21. The molecule has 1 amide bonds. The van der Waals surface area contributed by atoms with Gasteiger partial charge in [0.2, 0.25) is 12.2 Å². The van der Waals surface area contributed by atoms with Crippen LogP contribution >= 0.6 is 0 Å². The van der Waals surface area contributed by atoms with Crippen molar-refractivity contribution in [1.82, 2.24) is 5.32 Å². The summed E-state index contributed by atoms with van der Waals surface area (Å²) >= 11 is 0. The van der Waals surface area contributed by atoms with Gasteiger partial charge in [-0.1, -0.05) is 12.1 Å². The van der Waals surface area contributed by atoms with Crippen LogP contribution in [0.1, 0.15) is 33.3 Å². The summed E-state index contributed by atoms with van der Waals surface area (Å²) < 4.78 is 26.4. The molecule has 0 bridgehead atoms. The molecule has 1 saturated heterocycles. The Bertz CT molecular complexity index is 1090. The molecule has 0 spiro atoms. The monoisotopic (exact) mass is 522 g/mol. The van der Waals surface area contributed by atoms with E-state index in [-0.39, 0.29) is 5.69 Å². The number of esters is 4. The molecule has 5 atom stereocenters. The third-order valence-electron chi connectivity index (χ3n) is 4.80. The fourth-order valence-electron chi connectivity index (χ4n) is 3.45. The van der Waals surface area contributed by atoms with E-state index < -0.39 is 72.0 Å². The molecule has 0 saturated carbocycles. The minimum Gasteiger partial charge on any atom is -0.463 e. The molecule has 1 heterocycles. The first kappa shape index (κ1) is 28.9. The number of carbonyl (C=O) groups excluding carboxylic acids is 5. The number of nitrogens with zero attached hydrogens (tertiary/aromatic N) is 1. The molecular formula is C23H26N2O12. The zero-order chi connectivity index (χ0) is 27.7. The standard InChI is InChI=1S/C23H26N2O12/c1-12(26)33-11-18-21(34-13(2)27)22(35-14(3)28)20(23(37-18)36-15(4)29)24-19(30)9-8-16-6-5-7-17(10-16)25(31)32/h5-10,18,20-23H,11H2,1-4H3,(H,24,30)/b9-8+/t18-,20+,21-,22+,23-/m0/s1. The summed E-state index contributed by atoms with van der Waals surface area (Å²) in [6.45, 7) is 3.92. The van der Waals surface area contributed by atoms with Gasteiger partial charge in [0.15, 0.2) is 12.2 Å². The lowest BCUT2D eigenvalue weighted by Crippen LogP contribution is -2.66. The van der Waals surface area contributed by atoms with Crippen molar-refractivity contribution < 1.29 is 52.6 Å². The van der Waals surface area contributed by atoms with E-state index in [9.17, 15) is 34.1 Å². The number of benzene rings is 1. The molecule has 14 heteroatoms. The Hall–Kier alpha value is -4.33. The van der Waals surface area contributed by atoms with Gasteiger partial charge >= 0.3 is 23.9 Å². The van der Waals surface area contributed by atoms with Crippen molar-refractivity contribution in [3.8, 4) is 0 Å². The highest BCUT2D eigenvalue weighted by molar-refractivity contribution is 5.92. The molecule has 1 aromatic carbocycles. The topological polar surface area (TPSA) is 187 Å². The van der Waals surface area contributed by atoms with Crippen LogP contribution in [0.2, 0.25) is 0 Å². The Balaban J connectivity index is 2.38. The van der Waals surface area contributed by atoms with Crippen molar-refractivity contribution in [2.75, 3.05) is 6.61 Å². The van der Waals surface area contributed by atoms with Crippen LogP contribution in [0.15, 0.2) is 30.3 Å². The summed E-state index contributed by atoms with van der Waals surface area (Å²) in [5, 5.41) is 13.4. The largest absolute Gasteiger partial charge is 0.463 e. The minimum atomic E-state index is -1.54. The first-order valence-electron chi connectivity index (χ1n) is 10.9. The predicted octanol–water partition coefficient (Wildman–Crippen LogP) is 0.807. The second-order valence-corrected chi connectivity index (χ2v) is 7.82. The van der Waals surface area contributed by atoms with E-state index in [1.807, 2.05) is 0 Å². The summed E-state index contributed by atoms with van der Waals surface area (Å²) in [6, 6.07) is 4.12. The van der Waals surface area contributed by atoms with Gasteiger partial charge in [-0.15, -0.1) is 0 Å². The van der Waals surface area contributed by atoms with Gasteiger partial charge in [-0.2, -0.15) is 0 Å². The molecule has 2 rings (SSSR count). The Morgan fingerprint density at radius 1 is 0.973 bits per heavy atom. The van der Waals surface area contributed by atoms with Crippen LogP contribution in [0, 0.1) is 10.1 Å². The van der Waals surface area contributed by atoms with E-state index in [1.165, 1.54) is 30.3 Å². The van der Waals surface area contributed by atoms with Crippen molar-refractivity contribution in [3.63, 3.8) is 0 Å². The number of rotatable bonds is 9. The van der Waals surface area contributed by atoms with Crippen molar-refractivity contribution in [2.45, 2.75) is 58.3 Å². The maximum atomic E-state index is 12.7. The van der Waals surface area contributed by atoms with Crippen LogP contribution in [0.25, 0.3) is 6.08 Å². The number of hydrogen-bond acceptors (Lipinski definition) is 12. The van der Waals surface area contributed by atoms with Gasteiger partial charge < -0.3 is 29.0 Å². The van der Waals surface area contributed by atoms with Gasteiger partial charge in [0.1, 0.15) is 18.8 Å². The molecular weight excluding hydrogens is 496 g/mol. The van der Waals surface area contributed by atoms with Crippen molar-refractivity contribution in [1.29, 1.82) is 0 Å². The third kappa shape index (κ3) is 9.00. The number of nitro groups is 1. The lowest BCUT2D eigenvalue weighted by molar-refractivity contribution is -0.384. The van der Waals surface area contributed by atoms with Gasteiger partial charge in [0, 0.05) is 45.9 Å². The number of nitrogens with one attached hydrogen (secondary N) is 1. The zero-order valence-electron chi connectivity index (χ0n) is 20.4. The highest BCUT2D eigenvalue weighted by atomic mass is 16.7. The molecule has 1 aliphatic rings. The molecule has 0 unspecified atom stereocenters. The lowest BCUT2D eigenvalue weighted by atomic mass is 9.96. The lowest BCUT2D eigenvalue weighted by Gasteiger charge is -2.44. The molecule has 37 heavy (non-hydrogen) atoms. The molecule has 0 aliphatic carbocycles. The van der Waals surface area contributed by atoms with Gasteiger partial charge in [0.25, 0.3) is 5.69 Å². The second-order valence-electron chi connectivity index (χ2n) is 7.82. The summed E-state index contributed by atoms with van der Waals surface area (Å²) in [7, 11) is 0. The highest BCUT2D eigenvalue weighted by Crippen LogP contribution is 2.28. The first-order chi connectivity index (χ1) is 17.4. The molecule has 0 aromatic heterocycles. The first-order valence-corrected chi connectivity index (χ1v) is 10.9. The SMILES string of the molecule is CC(=O)OC[C@@H]1O[C@H](OC(C)=O)[C@H](NC(=O)/C=C/c2cccc([N+](=O)[O-])c2)[C@@H](OC(C)=O)[C@H]1OC(C)=O. The van der Waals surface area contributed by atoms with Crippen LogP contribution < -0.4 is 5.32 Å². The average Bonchev–Trinajstić information content (AvgIpc) is 2.79. The van der Waals surface area contributed by atoms with E-state index >= 15 is 0 Å². The minimum absolute atomic E-state index is 0.184. The maximum Gasteiger partial charge on any atom is 0.305 e. The second kappa shape index (κ2) is 13.1. The van der Waals surface area contributed by atoms with E-state index in [2.05, 4.69) is 5.32 Å². The van der Waals surface area contributed by atoms with Gasteiger partial charge in [0.05, 0.1) is 4.92 Å². The molecule has 1 fully saturated rings. The molecule has 0 radical (unpaired) electrons. The normalized spacial score (nSPS) is 23.0. The Morgan fingerprint density at radius 2 is 1.59 bits per heavy atom. The van der Waals surface area contributed by atoms with Crippen LogP contribution in [0.4, 0.5) is 5.69 Å². The van der Waals surface area contributed by atoms with Gasteiger partial charge in [-0.3, -0.25) is 34.1 Å². The van der Waals surface area contributed by atoms with Crippen molar-refractivity contribution in [3.05, 3.63) is 46.0 Å². The quantitative estimate of drug-likeness (QED) is 0.158.